The molecule has 11 heteroatoms. The van der Waals surface area contributed by atoms with E-state index in [-0.39, 0.29) is 41.6 Å². The summed E-state index contributed by atoms with van der Waals surface area (Å²) in [5, 5.41) is 13.1. The van der Waals surface area contributed by atoms with E-state index < -0.39 is 5.54 Å². The van der Waals surface area contributed by atoms with Crippen LogP contribution in [0.3, 0.4) is 0 Å². The van der Waals surface area contributed by atoms with Crippen molar-refractivity contribution in [3.63, 3.8) is 0 Å². The van der Waals surface area contributed by atoms with Crippen molar-refractivity contribution in [2.75, 3.05) is 12.3 Å². The predicted octanol–water partition coefficient (Wildman–Crippen LogP) is 3.78. The number of nitriles is 1. The molecule has 1 saturated heterocycles. The van der Waals surface area contributed by atoms with Crippen molar-refractivity contribution in [2.24, 2.45) is 0 Å². The van der Waals surface area contributed by atoms with Gasteiger partial charge in [0, 0.05) is 24.7 Å². The van der Waals surface area contributed by atoms with Gasteiger partial charge in [-0.25, -0.2) is 14.8 Å². The van der Waals surface area contributed by atoms with Gasteiger partial charge in [-0.1, -0.05) is 32.0 Å². The van der Waals surface area contributed by atoms with Crippen LogP contribution in [-0.4, -0.2) is 54.1 Å². The number of nitrogens with two attached hydrogens (primary N) is 1. The maximum Gasteiger partial charge on any atom is 0.335 e. The third-order valence-electron chi connectivity index (χ3n) is 7.12. The number of fused-ring (bicyclic) bond motifs is 1. The van der Waals surface area contributed by atoms with E-state index in [2.05, 4.69) is 21.4 Å². The molecule has 1 fully saturated rings. The van der Waals surface area contributed by atoms with E-state index in [1.807, 2.05) is 58.0 Å². The van der Waals surface area contributed by atoms with E-state index in [1.165, 1.54) is 15.5 Å². The summed E-state index contributed by atoms with van der Waals surface area (Å²) in [5.41, 5.74) is 6.74. The molecule has 1 unspecified atom stereocenters. The summed E-state index contributed by atoms with van der Waals surface area (Å²) in [6.07, 6.45) is 3.67. The van der Waals surface area contributed by atoms with E-state index in [9.17, 15) is 14.9 Å². The summed E-state index contributed by atoms with van der Waals surface area (Å²) in [6, 6.07) is 18.4. The van der Waals surface area contributed by atoms with E-state index in [1.54, 1.807) is 35.2 Å². The summed E-state index contributed by atoms with van der Waals surface area (Å²) in [7, 11) is 0. The Balaban J connectivity index is 1.43. The summed E-state index contributed by atoms with van der Waals surface area (Å²) in [4.78, 5) is 37.4. The van der Waals surface area contributed by atoms with Gasteiger partial charge in [0.2, 0.25) is 0 Å². The number of rotatable bonds is 9. The molecule has 2 aromatic heterocycles. The molecule has 3 heterocycles. The molecule has 0 radical (unpaired) electrons. The highest BCUT2D eigenvalue weighted by Crippen LogP contribution is 2.27. The summed E-state index contributed by atoms with van der Waals surface area (Å²) in [5.74, 6) is 1.12. The minimum Gasteiger partial charge on any atom is -0.457 e. The molecular weight excluding hydrogens is 532 g/mol. The van der Waals surface area contributed by atoms with Gasteiger partial charge in [0.05, 0.1) is 11.7 Å². The molecule has 216 valence electrons. The van der Waals surface area contributed by atoms with Crippen molar-refractivity contribution >= 4 is 22.9 Å². The Morgan fingerprint density at radius 2 is 1.86 bits per heavy atom. The van der Waals surface area contributed by atoms with Crippen LogP contribution in [0.1, 0.15) is 34.1 Å². The Bertz CT molecular complexity index is 1730. The number of benzene rings is 2. The number of ether oxygens (including phenoxy) is 1. The van der Waals surface area contributed by atoms with Crippen LogP contribution >= 0.6 is 0 Å². The normalized spacial score (nSPS) is 15.5. The number of nitrogens with one attached hydrogen (secondary N) is 1. The first kappa shape index (κ1) is 28.6. The SMILES string of the molecule is CC(C)NC(C)(C)C=C(C#N)C(=O)N1CCC1Cn1c(=O)n(-c2ccc(Oc3ccccc3)cc2)c2c(N)ncnc21. The van der Waals surface area contributed by atoms with Crippen LogP contribution in [-0.2, 0) is 11.3 Å². The molecule has 3 N–H and O–H groups in total. The number of hydrogen-bond donors (Lipinski definition) is 2. The first-order chi connectivity index (χ1) is 20.1. The molecule has 1 aliphatic heterocycles. The highest BCUT2D eigenvalue weighted by molar-refractivity contribution is 5.98. The molecule has 11 nitrogen and oxygen atoms in total. The predicted molar refractivity (Wildman–Crippen MR) is 160 cm³/mol. The fraction of sp³-hybridized carbons (Fsp3) is 0.323. The Morgan fingerprint density at radius 1 is 1.17 bits per heavy atom. The smallest absolute Gasteiger partial charge is 0.335 e. The van der Waals surface area contributed by atoms with Crippen molar-refractivity contribution in [1.29, 1.82) is 5.26 Å². The van der Waals surface area contributed by atoms with E-state index in [4.69, 9.17) is 10.5 Å². The highest BCUT2D eigenvalue weighted by Gasteiger charge is 2.36. The topological polar surface area (TPSA) is 144 Å². The number of amides is 1. The lowest BCUT2D eigenvalue weighted by molar-refractivity contribution is -0.134. The van der Waals surface area contributed by atoms with Gasteiger partial charge in [-0.05, 0) is 62.7 Å². The van der Waals surface area contributed by atoms with Crippen molar-refractivity contribution in [2.45, 2.75) is 58.3 Å². The molecular formula is C31H34N8O3. The van der Waals surface area contributed by atoms with Gasteiger partial charge < -0.3 is 20.7 Å². The Kier molecular flexibility index (Phi) is 7.83. The molecule has 0 bridgehead atoms. The fourth-order valence-corrected chi connectivity index (χ4v) is 5.35. The number of nitrogens with zero attached hydrogens (tertiary/aromatic N) is 6. The first-order valence-electron chi connectivity index (χ1n) is 13.8. The van der Waals surface area contributed by atoms with Crippen LogP contribution in [0.25, 0.3) is 16.9 Å². The van der Waals surface area contributed by atoms with Crippen LogP contribution in [0.2, 0.25) is 0 Å². The number of imidazole rings is 1. The van der Waals surface area contributed by atoms with Crippen LogP contribution in [0.5, 0.6) is 11.5 Å². The average Bonchev–Trinajstić information content (AvgIpc) is 3.22. The zero-order valence-corrected chi connectivity index (χ0v) is 24.1. The summed E-state index contributed by atoms with van der Waals surface area (Å²) in [6.45, 7) is 8.55. The molecule has 42 heavy (non-hydrogen) atoms. The lowest BCUT2D eigenvalue weighted by atomic mass is 9.97. The Hall–Kier alpha value is -4.95. The average molecular weight is 567 g/mol. The summed E-state index contributed by atoms with van der Waals surface area (Å²) >= 11 is 0. The van der Waals surface area contributed by atoms with Crippen molar-refractivity contribution in [1.82, 2.24) is 29.3 Å². The number of nitrogen functional groups attached to an aromatic ring is 1. The maximum atomic E-state index is 13.8. The van der Waals surface area contributed by atoms with Crippen LogP contribution in [0.15, 0.2) is 77.4 Å². The highest BCUT2D eigenvalue weighted by atomic mass is 16.5. The number of anilines is 1. The van der Waals surface area contributed by atoms with Gasteiger partial charge in [-0.3, -0.25) is 13.9 Å². The Morgan fingerprint density at radius 3 is 2.48 bits per heavy atom. The van der Waals surface area contributed by atoms with E-state index >= 15 is 0 Å². The van der Waals surface area contributed by atoms with Gasteiger partial charge in [0.1, 0.15) is 35.0 Å². The van der Waals surface area contributed by atoms with E-state index in [0.717, 1.165) is 0 Å². The Labute approximate surface area is 243 Å². The first-order valence-corrected chi connectivity index (χ1v) is 13.8. The second kappa shape index (κ2) is 11.5. The standard InChI is InChI=1S/C31H34N8O3/c1-20(2)36-31(3,4)16-21(17-32)29(40)37-15-14-23(37)18-38-28-26(27(33)34-19-35-28)39(30(38)41)22-10-12-25(13-11-22)42-24-8-6-5-7-9-24/h5-13,16,19-20,23,36H,14-15,18H2,1-4H3,(H2,33,34,35). The quantitative estimate of drug-likeness (QED) is 0.230. The molecule has 0 aliphatic carbocycles. The molecule has 4 aromatic rings. The zero-order chi connectivity index (χ0) is 30.0. The van der Waals surface area contributed by atoms with Crippen LogP contribution in [0, 0.1) is 11.3 Å². The van der Waals surface area contributed by atoms with Crippen molar-refractivity contribution in [3.05, 3.63) is 83.1 Å². The van der Waals surface area contributed by atoms with Gasteiger partial charge in [-0.2, -0.15) is 5.26 Å². The molecule has 0 saturated carbocycles. The van der Waals surface area contributed by atoms with Gasteiger partial charge in [0.25, 0.3) is 5.91 Å². The van der Waals surface area contributed by atoms with Gasteiger partial charge in [0.15, 0.2) is 11.5 Å². The number of carbonyl (C=O) groups excluding carboxylic acids is 1. The fourth-order valence-electron chi connectivity index (χ4n) is 5.35. The molecule has 1 aliphatic rings. The number of carbonyl (C=O) groups is 1. The number of likely N-dealkylation sites (tertiary alicyclic amines) is 1. The number of para-hydroxylation sites is 1. The molecule has 1 amide bonds. The minimum absolute atomic E-state index is 0.0667. The van der Waals surface area contributed by atoms with Crippen LogP contribution in [0.4, 0.5) is 5.82 Å². The molecule has 1 atom stereocenters. The lowest BCUT2D eigenvalue weighted by Crippen LogP contribution is -2.54. The van der Waals surface area contributed by atoms with Crippen molar-refractivity contribution < 1.29 is 9.53 Å². The van der Waals surface area contributed by atoms with Crippen LogP contribution < -0.4 is 21.5 Å². The maximum absolute atomic E-state index is 13.8. The number of hydrogen-bond acceptors (Lipinski definition) is 8. The van der Waals surface area contributed by atoms with Crippen molar-refractivity contribution in [3.8, 4) is 23.3 Å². The number of aromatic nitrogens is 4. The monoisotopic (exact) mass is 566 g/mol. The lowest BCUT2D eigenvalue weighted by Gasteiger charge is -2.41. The third kappa shape index (κ3) is 5.75. The summed E-state index contributed by atoms with van der Waals surface area (Å²) < 4.78 is 8.89. The second-order valence-electron chi connectivity index (χ2n) is 11.2. The van der Waals surface area contributed by atoms with Gasteiger partial charge in [-0.15, -0.1) is 0 Å². The van der Waals surface area contributed by atoms with E-state index in [0.29, 0.717) is 41.3 Å². The second-order valence-corrected chi connectivity index (χ2v) is 11.2. The molecule has 5 rings (SSSR count). The largest absolute Gasteiger partial charge is 0.457 e. The third-order valence-corrected chi connectivity index (χ3v) is 7.12. The van der Waals surface area contributed by atoms with Gasteiger partial charge >= 0.3 is 5.69 Å². The molecule has 2 aromatic carbocycles. The zero-order valence-electron chi connectivity index (χ0n) is 24.1. The molecule has 0 spiro atoms. The minimum atomic E-state index is -0.546.